The van der Waals surface area contributed by atoms with Crippen LogP contribution in [0.3, 0.4) is 0 Å². The van der Waals surface area contributed by atoms with Crippen molar-refractivity contribution in [2.45, 2.75) is 45.6 Å². The van der Waals surface area contributed by atoms with Crippen LogP contribution in [0, 0.1) is 0 Å². The molecule has 1 aliphatic rings. The van der Waals surface area contributed by atoms with Gasteiger partial charge >= 0.3 is 6.09 Å². The van der Waals surface area contributed by atoms with E-state index in [4.69, 9.17) is 4.74 Å². The van der Waals surface area contributed by atoms with E-state index in [0.29, 0.717) is 0 Å². The first kappa shape index (κ1) is 10.4. The number of amides is 1. The average Bonchev–Trinajstić information content (AvgIpc) is 2.88. The smallest absolute Gasteiger partial charge is 0.410 e. The molecule has 0 N–H and O–H groups in total. The van der Waals surface area contributed by atoms with Gasteiger partial charge in [0.1, 0.15) is 6.10 Å². The molecule has 13 heavy (non-hydrogen) atoms. The predicted molar refractivity (Wildman–Crippen MR) is 51.7 cm³/mol. The van der Waals surface area contributed by atoms with E-state index in [1.807, 2.05) is 0 Å². The Balaban J connectivity index is 2.27. The van der Waals surface area contributed by atoms with Crippen LogP contribution in [-0.4, -0.2) is 30.2 Å². The van der Waals surface area contributed by atoms with Gasteiger partial charge in [-0.1, -0.05) is 13.8 Å². The standard InChI is InChI=1S/C10H19NO2/c1-3-7-11(8-4-2)10(12)13-9-5-6-9/h9H,3-8H2,1-2H3. The lowest BCUT2D eigenvalue weighted by molar-refractivity contribution is 0.0958. The van der Waals surface area contributed by atoms with E-state index in [2.05, 4.69) is 13.8 Å². The normalized spacial score (nSPS) is 15.5. The lowest BCUT2D eigenvalue weighted by Gasteiger charge is -2.20. The highest BCUT2D eigenvalue weighted by Gasteiger charge is 2.27. The van der Waals surface area contributed by atoms with Crippen LogP contribution >= 0.6 is 0 Å². The van der Waals surface area contributed by atoms with Crippen LogP contribution in [0.15, 0.2) is 0 Å². The maximum absolute atomic E-state index is 11.5. The monoisotopic (exact) mass is 185 g/mol. The van der Waals surface area contributed by atoms with Crippen LogP contribution in [0.4, 0.5) is 4.79 Å². The largest absolute Gasteiger partial charge is 0.446 e. The summed E-state index contributed by atoms with van der Waals surface area (Å²) in [7, 11) is 0. The zero-order valence-electron chi connectivity index (χ0n) is 8.58. The van der Waals surface area contributed by atoms with Crippen molar-refractivity contribution in [3.8, 4) is 0 Å². The molecular weight excluding hydrogens is 166 g/mol. The second kappa shape index (κ2) is 5.10. The van der Waals surface area contributed by atoms with Crippen molar-refractivity contribution < 1.29 is 9.53 Å². The van der Waals surface area contributed by atoms with E-state index in [0.717, 1.165) is 38.8 Å². The van der Waals surface area contributed by atoms with Gasteiger partial charge in [0, 0.05) is 13.1 Å². The Morgan fingerprint density at radius 1 is 1.31 bits per heavy atom. The van der Waals surface area contributed by atoms with Crippen molar-refractivity contribution in [3.05, 3.63) is 0 Å². The molecule has 0 saturated heterocycles. The second-order valence-corrected chi connectivity index (χ2v) is 3.57. The molecule has 3 heteroatoms. The summed E-state index contributed by atoms with van der Waals surface area (Å²) in [6.07, 6.45) is 4.21. The van der Waals surface area contributed by atoms with Gasteiger partial charge in [-0.15, -0.1) is 0 Å². The first-order chi connectivity index (χ1) is 6.27. The molecule has 0 heterocycles. The summed E-state index contributed by atoms with van der Waals surface area (Å²) >= 11 is 0. The zero-order valence-corrected chi connectivity index (χ0v) is 8.58. The number of nitrogens with zero attached hydrogens (tertiary/aromatic N) is 1. The minimum atomic E-state index is -0.119. The molecule has 0 aromatic carbocycles. The molecule has 0 spiro atoms. The summed E-state index contributed by atoms with van der Waals surface area (Å²) in [6, 6.07) is 0. The lowest BCUT2D eigenvalue weighted by Crippen LogP contribution is -2.33. The Labute approximate surface area is 80.1 Å². The summed E-state index contributed by atoms with van der Waals surface area (Å²) < 4.78 is 5.22. The molecule has 1 saturated carbocycles. The minimum absolute atomic E-state index is 0.119. The Hall–Kier alpha value is -0.730. The molecule has 0 atom stereocenters. The summed E-state index contributed by atoms with van der Waals surface area (Å²) in [6.45, 7) is 5.79. The van der Waals surface area contributed by atoms with Gasteiger partial charge in [-0.05, 0) is 25.7 Å². The Morgan fingerprint density at radius 3 is 2.23 bits per heavy atom. The fraction of sp³-hybridized carbons (Fsp3) is 0.900. The van der Waals surface area contributed by atoms with Crippen LogP contribution in [-0.2, 0) is 4.74 Å². The van der Waals surface area contributed by atoms with Crippen LogP contribution < -0.4 is 0 Å². The SMILES string of the molecule is CCCN(CCC)C(=O)OC1CC1. The van der Waals surface area contributed by atoms with Gasteiger partial charge in [-0.2, -0.15) is 0 Å². The van der Waals surface area contributed by atoms with Crippen LogP contribution in [0.25, 0.3) is 0 Å². The number of hydrogen-bond donors (Lipinski definition) is 0. The molecule has 0 aromatic rings. The number of carbonyl (C=O) groups is 1. The van der Waals surface area contributed by atoms with Crippen LogP contribution in [0.5, 0.6) is 0 Å². The molecule has 1 rings (SSSR count). The zero-order chi connectivity index (χ0) is 9.68. The molecule has 1 aliphatic carbocycles. The number of carbonyl (C=O) groups excluding carboxylic acids is 1. The van der Waals surface area contributed by atoms with E-state index in [9.17, 15) is 4.79 Å². The van der Waals surface area contributed by atoms with E-state index >= 15 is 0 Å². The number of rotatable bonds is 5. The Kier molecular flexibility index (Phi) is 4.06. The maximum Gasteiger partial charge on any atom is 0.410 e. The van der Waals surface area contributed by atoms with Gasteiger partial charge < -0.3 is 9.64 Å². The molecule has 0 aliphatic heterocycles. The molecule has 1 amide bonds. The molecule has 0 radical (unpaired) electrons. The molecule has 76 valence electrons. The highest BCUT2D eigenvalue weighted by atomic mass is 16.6. The molecule has 0 unspecified atom stereocenters. The van der Waals surface area contributed by atoms with Crippen molar-refractivity contribution in [2.75, 3.05) is 13.1 Å². The van der Waals surface area contributed by atoms with E-state index < -0.39 is 0 Å². The minimum Gasteiger partial charge on any atom is -0.446 e. The van der Waals surface area contributed by atoms with Crippen molar-refractivity contribution in [3.63, 3.8) is 0 Å². The topological polar surface area (TPSA) is 29.5 Å². The maximum atomic E-state index is 11.5. The third-order valence-corrected chi connectivity index (χ3v) is 2.04. The molecule has 3 nitrogen and oxygen atoms in total. The molecule has 0 bridgehead atoms. The van der Waals surface area contributed by atoms with Gasteiger partial charge in [0.2, 0.25) is 0 Å². The van der Waals surface area contributed by atoms with Gasteiger partial charge in [0.05, 0.1) is 0 Å². The summed E-state index contributed by atoms with van der Waals surface area (Å²) in [5.41, 5.74) is 0. The first-order valence-corrected chi connectivity index (χ1v) is 5.23. The lowest BCUT2D eigenvalue weighted by atomic mass is 10.4. The van der Waals surface area contributed by atoms with E-state index in [1.54, 1.807) is 4.90 Å². The highest BCUT2D eigenvalue weighted by molar-refractivity contribution is 5.68. The summed E-state index contributed by atoms with van der Waals surface area (Å²) in [4.78, 5) is 13.3. The van der Waals surface area contributed by atoms with Gasteiger partial charge in [-0.25, -0.2) is 4.79 Å². The molecule has 0 aromatic heterocycles. The number of ether oxygens (including phenoxy) is 1. The second-order valence-electron chi connectivity index (χ2n) is 3.57. The third kappa shape index (κ3) is 3.66. The molecule has 1 fully saturated rings. The Morgan fingerprint density at radius 2 is 1.85 bits per heavy atom. The average molecular weight is 185 g/mol. The predicted octanol–water partition coefficient (Wildman–Crippen LogP) is 2.41. The fourth-order valence-corrected chi connectivity index (χ4v) is 1.24. The number of hydrogen-bond acceptors (Lipinski definition) is 2. The third-order valence-electron chi connectivity index (χ3n) is 2.04. The summed E-state index contributed by atoms with van der Waals surface area (Å²) in [5.74, 6) is 0. The van der Waals surface area contributed by atoms with Crippen LogP contribution in [0.2, 0.25) is 0 Å². The van der Waals surface area contributed by atoms with Gasteiger partial charge in [0.15, 0.2) is 0 Å². The van der Waals surface area contributed by atoms with E-state index in [1.165, 1.54) is 0 Å². The molecular formula is C10H19NO2. The van der Waals surface area contributed by atoms with Crippen molar-refractivity contribution in [2.24, 2.45) is 0 Å². The fourth-order valence-electron chi connectivity index (χ4n) is 1.24. The van der Waals surface area contributed by atoms with Crippen molar-refractivity contribution >= 4 is 6.09 Å². The quantitative estimate of drug-likeness (QED) is 0.658. The van der Waals surface area contributed by atoms with E-state index in [-0.39, 0.29) is 12.2 Å². The highest BCUT2D eigenvalue weighted by Crippen LogP contribution is 2.24. The van der Waals surface area contributed by atoms with Crippen molar-refractivity contribution in [1.29, 1.82) is 0 Å². The van der Waals surface area contributed by atoms with Gasteiger partial charge in [0.25, 0.3) is 0 Å². The summed E-state index contributed by atoms with van der Waals surface area (Å²) in [5, 5.41) is 0. The first-order valence-electron chi connectivity index (χ1n) is 5.23. The Bertz CT molecular complexity index is 160. The van der Waals surface area contributed by atoms with Crippen molar-refractivity contribution in [1.82, 2.24) is 4.90 Å². The van der Waals surface area contributed by atoms with Crippen LogP contribution in [0.1, 0.15) is 39.5 Å². The van der Waals surface area contributed by atoms with Gasteiger partial charge in [-0.3, -0.25) is 0 Å².